The van der Waals surface area contributed by atoms with Gasteiger partial charge in [-0.15, -0.1) is 10.2 Å². The highest BCUT2D eigenvalue weighted by atomic mass is 32.2. The van der Waals surface area contributed by atoms with Gasteiger partial charge >= 0.3 is 0 Å². The van der Waals surface area contributed by atoms with Crippen molar-refractivity contribution in [2.45, 2.75) is 16.3 Å². The van der Waals surface area contributed by atoms with Crippen LogP contribution in [0.15, 0.2) is 124 Å². The molecule has 0 atom stereocenters. The molecule has 2 aliphatic rings. The van der Waals surface area contributed by atoms with Crippen LogP contribution in [-0.2, 0) is 0 Å². The topological polar surface area (TPSA) is 86.9 Å². The molecule has 0 amide bonds. The van der Waals surface area contributed by atoms with Crippen molar-refractivity contribution in [1.29, 1.82) is 0 Å². The Balaban J connectivity index is 0.857. The summed E-state index contributed by atoms with van der Waals surface area (Å²) in [6.45, 7) is 9.29. The molecule has 2 fully saturated rings. The van der Waals surface area contributed by atoms with E-state index in [1.165, 1.54) is 22.9 Å². The van der Waals surface area contributed by atoms with Gasteiger partial charge in [0.25, 0.3) is 5.22 Å². The highest BCUT2D eigenvalue weighted by Crippen LogP contribution is 2.35. The number of benzene rings is 4. The van der Waals surface area contributed by atoms with Crippen molar-refractivity contribution in [2.75, 3.05) is 77.5 Å². The first-order chi connectivity index (χ1) is 25.2. The maximum Gasteiger partial charge on any atom is 0.283 e. The number of nitrogens with zero attached hydrogens (tertiary/aromatic N) is 8. The van der Waals surface area contributed by atoms with E-state index in [0.29, 0.717) is 17.7 Å². The molecule has 10 nitrogen and oxygen atoms in total. The van der Waals surface area contributed by atoms with Gasteiger partial charge in [0.1, 0.15) is 17.4 Å². The smallest absolute Gasteiger partial charge is 0.283 e. The van der Waals surface area contributed by atoms with Crippen LogP contribution in [0, 0.1) is 0 Å². The van der Waals surface area contributed by atoms with Gasteiger partial charge < -0.3 is 19.0 Å². The quantitative estimate of drug-likeness (QED) is 0.151. The Morgan fingerprint density at radius 3 is 1.98 bits per heavy atom. The number of hydrogen-bond donors (Lipinski definition) is 0. The number of hydrogen-bond acceptors (Lipinski definition) is 11. The summed E-state index contributed by atoms with van der Waals surface area (Å²) < 4.78 is 12.3. The molecule has 0 bridgehead atoms. The third-order valence-corrected chi connectivity index (χ3v) is 10.5. The van der Waals surface area contributed by atoms with E-state index in [1.807, 2.05) is 48.5 Å². The van der Waals surface area contributed by atoms with Gasteiger partial charge in [-0.1, -0.05) is 72.8 Å². The Bertz CT molecular complexity index is 1970. The normalized spacial score (nSPS) is 16.2. The lowest BCUT2D eigenvalue weighted by Crippen LogP contribution is -2.48. The van der Waals surface area contributed by atoms with Gasteiger partial charge in [-0.2, -0.15) is 0 Å². The molecule has 2 saturated heterocycles. The van der Waals surface area contributed by atoms with Gasteiger partial charge in [0.05, 0.1) is 17.1 Å². The van der Waals surface area contributed by atoms with Crippen LogP contribution in [0.4, 0.5) is 5.82 Å². The predicted octanol–water partition coefficient (Wildman–Crippen LogP) is 6.37. The third-order valence-electron chi connectivity index (χ3n) is 9.69. The third kappa shape index (κ3) is 7.92. The number of fused-ring (bicyclic) bond motifs is 1. The summed E-state index contributed by atoms with van der Waals surface area (Å²) >= 11 is 1.36. The van der Waals surface area contributed by atoms with Crippen LogP contribution in [0.3, 0.4) is 0 Å². The van der Waals surface area contributed by atoms with Gasteiger partial charge in [0.15, 0.2) is 5.82 Å². The van der Waals surface area contributed by atoms with E-state index >= 15 is 0 Å². The van der Waals surface area contributed by atoms with Crippen LogP contribution in [0.25, 0.3) is 22.5 Å². The van der Waals surface area contributed by atoms with E-state index < -0.39 is 0 Å². The van der Waals surface area contributed by atoms with Crippen LogP contribution in [0.1, 0.15) is 17.2 Å². The predicted molar refractivity (Wildman–Crippen MR) is 201 cm³/mol. The molecule has 8 rings (SSSR count). The Labute approximate surface area is 303 Å². The molecule has 0 saturated carbocycles. The summed E-state index contributed by atoms with van der Waals surface area (Å²) in [5.74, 6) is 2.14. The molecular weight excluding hydrogens is 657 g/mol. The summed E-state index contributed by atoms with van der Waals surface area (Å²) in [7, 11) is 2.15. The number of ether oxygens (including phenoxy) is 1. The number of likely N-dealkylation sites (N-methyl/N-ethyl adjacent to an activating group) is 1. The minimum absolute atomic E-state index is 0.268. The maximum atomic E-state index is 6.16. The standard InChI is InChI=1S/C40H42N8O2S/c1-45-20-24-48(25-21-45)37-39(42-35-15-9-8-14-34(35)41-37)51-40-44-43-38(50-40)32-16-18-33(19-17-32)49-29-28-46-22-26-47(27-23-46)36(30-10-4-2-5-11-30)31-12-6-3-7-13-31/h2-19,36H,20-29H2,1H3. The molecule has 0 radical (unpaired) electrons. The Morgan fingerprint density at radius 2 is 1.31 bits per heavy atom. The minimum atomic E-state index is 0.268. The SMILES string of the molecule is CN1CCN(c2nc3ccccc3nc2Sc2nnc(-c3ccc(OCCN4CCN(C(c5ccccc5)c5ccccc5)CC4)cc3)o2)CC1. The molecule has 4 heterocycles. The van der Waals surface area contributed by atoms with Gasteiger partial charge in [0, 0.05) is 64.5 Å². The van der Waals surface area contributed by atoms with Gasteiger partial charge in [0.2, 0.25) is 5.89 Å². The van der Waals surface area contributed by atoms with E-state index in [1.54, 1.807) is 0 Å². The van der Waals surface area contributed by atoms with Crippen molar-refractivity contribution in [3.63, 3.8) is 0 Å². The molecule has 4 aromatic carbocycles. The molecule has 2 aromatic heterocycles. The first kappa shape index (κ1) is 33.3. The van der Waals surface area contributed by atoms with Crippen molar-refractivity contribution in [2.24, 2.45) is 0 Å². The van der Waals surface area contributed by atoms with E-state index in [2.05, 4.69) is 97.5 Å². The van der Waals surface area contributed by atoms with E-state index in [4.69, 9.17) is 19.1 Å². The number of para-hydroxylation sites is 2. The largest absolute Gasteiger partial charge is 0.492 e. The Kier molecular flexibility index (Phi) is 10.2. The fourth-order valence-electron chi connectivity index (χ4n) is 6.83. The first-order valence-electron chi connectivity index (χ1n) is 17.7. The average molecular weight is 699 g/mol. The number of rotatable bonds is 11. The maximum absolute atomic E-state index is 6.16. The highest BCUT2D eigenvalue weighted by Gasteiger charge is 2.26. The van der Waals surface area contributed by atoms with Gasteiger partial charge in [-0.3, -0.25) is 9.80 Å². The highest BCUT2D eigenvalue weighted by molar-refractivity contribution is 7.99. The molecule has 51 heavy (non-hydrogen) atoms. The number of aromatic nitrogens is 4. The molecule has 260 valence electrons. The van der Waals surface area contributed by atoms with Crippen molar-refractivity contribution in [3.05, 3.63) is 120 Å². The number of piperazine rings is 2. The second kappa shape index (κ2) is 15.6. The molecule has 6 aromatic rings. The second-order valence-corrected chi connectivity index (χ2v) is 14.0. The minimum Gasteiger partial charge on any atom is -0.492 e. The monoisotopic (exact) mass is 698 g/mol. The first-order valence-corrected chi connectivity index (χ1v) is 18.5. The fourth-order valence-corrected chi connectivity index (χ4v) is 7.61. The lowest BCUT2D eigenvalue weighted by molar-refractivity contribution is 0.0977. The summed E-state index contributed by atoms with van der Waals surface area (Å²) in [6.07, 6.45) is 0. The van der Waals surface area contributed by atoms with E-state index in [0.717, 1.165) is 92.1 Å². The van der Waals surface area contributed by atoms with Crippen LogP contribution >= 0.6 is 11.8 Å². The summed E-state index contributed by atoms with van der Waals surface area (Å²) in [5, 5.41) is 9.91. The molecular formula is C40H42N8O2S. The molecule has 0 spiro atoms. The summed E-state index contributed by atoms with van der Waals surface area (Å²) in [6, 6.07) is 37.8. The lowest BCUT2D eigenvalue weighted by atomic mass is 9.96. The Hall–Kier alpha value is -4.81. The number of anilines is 1. The zero-order valence-electron chi connectivity index (χ0n) is 28.8. The zero-order chi connectivity index (χ0) is 34.4. The second-order valence-electron chi connectivity index (χ2n) is 13.1. The van der Waals surface area contributed by atoms with Gasteiger partial charge in [-0.05, 0) is 66.3 Å². The van der Waals surface area contributed by atoms with Crippen LogP contribution in [0.5, 0.6) is 5.75 Å². The summed E-state index contributed by atoms with van der Waals surface area (Å²) in [5.41, 5.74) is 5.24. The van der Waals surface area contributed by atoms with Crippen LogP contribution in [0.2, 0.25) is 0 Å². The van der Waals surface area contributed by atoms with E-state index in [-0.39, 0.29) is 6.04 Å². The van der Waals surface area contributed by atoms with E-state index in [9.17, 15) is 0 Å². The molecule has 0 aliphatic carbocycles. The molecule has 0 N–H and O–H groups in total. The van der Waals surface area contributed by atoms with Crippen LogP contribution in [-0.4, -0.2) is 107 Å². The fraction of sp³-hybridized carbons (Fsp3) is 0.300. The average Bonchev–Trinajstić information content (AvgIpc) is 3.65. The zero-order valence-corrected chi connectivity index (χ0v) is 29.7. The molecule has 11 heteroatoms. The molecule has 0 unspecified atom stereocenters. The van der Waals surface area contributed by atoms with Crippen LogP contribution < -0.4 is 9.64 Å². The van der Waals surface area contributed by atoms with Crippen molar-refractivity contribution in [1.82, 2.24) is 34.9 Å². The lowest BCUT2D eigenvalue weighted by Gasteiger charge is -2.39. The summed E-state index contributed by atoms with van der Waals surface area (Å²) in [4.78, 5) is 19.7. The van der Waals surface area contributed by atoms with Crippen molar-refractivity contribution in [3.8, 4) is 17.2 Å². The van der Waals surface area contributed by atoms with Crippen molar-refractivity contribution < 1.29 is 9.15 Å². The van der Waals surface area contributed by atoms with Crippen molar-refractivity contribution >= 4 is 28.6 Å². The molecule has 2 aliphatic heterocycles. The Morgan fingerprint density at radius 1 is 0.686 bits per heavy atom. The van der Waals surface area contributed by atoms with Gasteiger partial charge in [-0.25, -0.2) is 9.97 Å².